The molecule has 8 aromatic carbocycles. The molecule has 0 atom stereocenters. The van der Waals surface area contributed by atoms with Crippen molar-refractivity contribution in [2.24, 2.45) is 0 Å². The molecule has 9 rings (SSSR count). The number of rotatable bonds is 3. The predicted octanol–water partition coefficient (Wildman–Crippen LogP) is 11.9. The third-order valence-corrected chi connectivity index (χ3v) is 9.18. The highest BCUT2D eigenvalue weighted by atomic mass is 16.5. The molecule has 45 heavy (non-hydrogen) atoms. The van der Waals surface area contributed by atoms with E-state index in [9.17, 15) is 0 Å². The Morgan fingerprint density at radius 2 is 0.756 bits per heavy atom. The number of ether oxygens (including phenoxy) is 1. The van der Waals surface area contributed by atoms with Gasteiger partial charge in [-0.1, -0.05) is 90.5 Å². The summed E-state index contributed by atoms with van der Waals surface area (Å²) in [6, 6.07) is 53.2. The summed E-state index contributed by atoms with van der Waals surface area (Å²) < 4.78 is 5.51. The minimum absolute atomic E-state index is 0.864. The van der Waals surface area contributed by atoms with Crippen LogP contribution < -0.4 is 14.5 Å². The fourth-order valence-electron chi connectivity index (χ4n) is 6.93. The normalized spacial score (nSPS) is 12.6. The molecule has 0 amide bonds. The number of hydrogen-bond donors (Lipinski definition) is 0. The van der Waals surface area contributed by atoms with Gasteiger partial charge in [0.25, 0.3) is 0 Å². The van der Waals surface area contributed by atoms with Crippen LogP contribution in [0.3, 0.4) is 0 Å². The van der Waals surface area contributed by atoms with Crippen LogP contribution in [-0.2, 0) is 0 Å². The molecule has 0 N–H and O–H groups in total. The van der Waals surface area contributed by atoms with Gasteiger partial charge in [0, 0.05) is 11.4 Å². The number of nitrogens with zero attached hydrogens (tertiary/aromatic N) is 2. The summed E-state index contributed by atoms with van der Waals surface area (Å²) in [7, 11) is 1.72. The van der Waals surface area contributed by atoms with E-state index in [0.29, 0.717) is 0 Å². The first-order valence-electron chi connectivity index (χ1n) is 15.4. The monoisotopic (exact) mass is 578 g/mol. The Hall–Kier alpha value is -5.80. The molecule has 214 valence electrons. The molecule has 1 aliphatic heterocycles. The van der Waals surface area contributed by atoms with Gasteiger partial charge in [-0.25, -0.2) is 0 Å². The lowest BCUT2D eigenvalue weighted by Crippen LogP contribution is -2.24. The van der Waals surface area contributed by atoms with E-state index < -0.39 is 0 Å². The van der Waals surface area contributed by atoms with E-state index in [1.807, 2.05) is 6.07 Å². The van der Waals surface area contributed by atoms with E-state index in [1.54, 1.807) is 7.11 Å². The smallest absolute Gasteiger partial charge is 0.119 e. The summed E-state index contributed by atoms with van der Waals surface area (Å²) in [6.45, 7) is 2.15. The van der Waals surface area contributed by atoms with Crippen LogP contribution in [0.5, 0.6) is 5.75 Å². The van der Waals surface area contributed by atoms with E-state index in [0.717, 1.165) is 45.3 Å². The third kappa shape index (κ3) is 4.12. The minimum atomic E-state index is 0.864. The third-order valence-electron chi connectivity index (χ3n) is 9.18. The fraction of sp³-hybridized carbons (Fsp3) is 0.0476. The van der Waals surface area contributed by atoms with Crippen LogP contribution >= 0.6 is 0 Å². The lowest BCUT2D eigenvalue weighted by molar-refractivity contribution is 0.415. The van der Waals surface area contributed by atoms with E-state index in [2.05, 4.69) is 156 Å². The molecular formula is C42H30N2O. The molecule has 0 radical (unpaired) electrons. The molecule has 3 nitrogen and oxygen atoms in total. The first kappa shape index (κ1) is 25.7. The molecule has 0 spiro atoms. The van der Waals surface area contributed by atoms with Crippen molar-refractivity contribution < 1.29 is 4.74 Å². The van der Waals surface area contributed by atoms with Gasteiger partial charge < -0.3 is 14.5 Å². The molecule has 0 aliphatic carbocycles. The van der Waals surface area contributed by atoms with Crippen LogP contribution in [0.15, 0.2) is 146 Å². The summed E-state index contributed by atoms with van der Waals surface area (Å²) in [5.41, 5.74) is 8.13. The summed E-state index contributed by atoms with van der Waals surface area (Å²) in [5, 5.41) is 9.67. The quantitative estimate of drug-likeness (QED) is 0.207. The maximum atomic E-state index is 5.51. The maximum absolute atomic E-state index is 5.51. The van der Waals surface area contributed by atoms with Gasteiger partial charge in [0.05, 0.1) is 29.9 Å². The van der Waals surface area contributed by atoms with Gasteiger partial charge in [0.15, 0.2) is 0 Å². The first-order chi connectivity index (χ1) is 22.1. The Labute approximate surface area is 262 Å². The summed E-state index contributed by atoms with van der Waals surface area (Å²) >= 11 is 0. The zero-order valence-corrected chi connectivity index (χ0v) is 25.2. The number of fused-ring (bicyclic) bond motifs is 6. The molecule has 0 unspecified atom stereocenters. The number of anilines is 6. The number of hydrogen-bond acceptors (Lipinski definition) is 3. The van der Waals surface area contributed by atoms with E-state index in [4.69, 9.17) is 4.74 Å². The first-order valence-corrected chi connectivity index (χ1v) is 15.4. The SMILES string of the molecule is COc1ccc2cc(N3c4cc5ccccc5cc4N(c4ccc5cc(C)ccc5c4)c4cc5ccccc5cc43)ccc2c1. The zero-order chi connectivity index (χ0) is 30.1. The number of methoxy groups -OCH3 is 1. The highest BCUT2D eigenvalue weighted by Gasteiger charge is 2.32. The fourth-order valence-corrected chi connectivity index (χ4v) is 6.93. The van der Waals surface area contributed by atoms with Gasteiger partial charge in [-0.15, -0.1) is 0 Å². The molecular weight excluding hydrogens is 548 g/mol. The molecule has 0 saturated heterocycles. The Bertz CT molecular complexity index is 2370. The number of aryl methyl sites for hydroxylation is 1. The van der Waals surface area contributed by atoms with Crippen molar-refractivity contribution in [3.8, 4) is 5.75 Å². The van der Waals surface area contributed by atoms with Gasteiger partial charge in [-0.05, 0) is 111 Å². The molecule has 0 fully saturated rings. The van der Waals surface area contributed by atoms with Crippen molar-refractivity contribution in [1.29, 1.82) is 0 Å². The lowest BCUT2D eigenvalue weighted by atomic mass is 9.97. The predicted molar refractivity (Wildman–Crippen MR) is 191 cm³/mol. The molecule has 3 heteroatoms. The standard InChI is InChI=1S/C42H30N2O/c1-27-11-12-33-20-36(16-13-32(33)19-27)43-39-23-28-7-3-5-9-30(28)25-41(39)44(42-26-31-10-6-4-8-29(31)24-40(42)43)37-17-14-35-22-38(45-2)18-15-34(35)21-37/h3-26H,1-2H3. The van der Waals surface area contributed by atoms with Gasteiger partial charge in [-0.2, -0.15) is 0 Å². The topological polar surface area (TPSA) is 15.7 Å². The van der Waals surface area contributed by atoms with Crippen LogP contribution in [0.4, 0.5) is 34.1 Å². The molecule has 0 aromatic heterocycles. The Kier molecular flexibility index (Phi) is 5.63. The van der Waals surface area contributed by atoms with Gasteiger partial charge in [0.1, 0.15) is 5.75 Å². The van der Waals surface area contributed by atoms with Crippen molar-refractivity contribution in [2.45, 2.75) is 6.92 Å². The van der Waals surface area contributed by atoms with Crippen LogP contribution in [0, 0.1) is 6.92 Å². The molecule has 0 bridgehead atoms. The second-order valence-electron chi connectivity index (χ2n) is 12.0. The van der Waals surface area contributed by atoms with Crippen molar-refractivity contribution in [3.63, 3.8) is 0 Å². The Balaban J connectivity index is 1.36. The van der Waals surface area contributed by atoms with Crippen LogP contribution in [-0.4, -0.2) is 7.11 Å². The van der Waals surface area contributed by atoms with Crippen molar-refractivity contribution in [2.75, 3.05) is 16.9 Å². The summed E-state index contributed by atoms with van der Waals surface area (Å²) in [4.78, 5) is 4.89. The van der Waals surface area contributed by atoms with E-state index >= 15 is 0 Å². The van der Waals surface area contributed by atoms with E-state index in [-0.39, 0.29) is 0 Å². The van der Waals surface area contributed by atoms with Crippen LogP contribution in [0.2, 0.25) is 0 Å². The minimum Gasteiger partial charge on any atom is -0.497 e. The second kappa shape index (κ2) is 9.87. The van der Waals surface area contributed by atoms with Crippen LogP contribution in [0.1, 0.15) is 5.56 Å². The van der Waals surface area contributed by atoms with Crippen molar-refractivity contribution in [1.82, 2.24) is 0 Å². The average Bonchev–Trinajstić information content (AvgIpc) is 3.08. The Morgan fingerprint density at radius 1 is 0.378 bits per heavy atom. The van der Waals surface area contributed by atoms with Crippen LogP contribution in [0.25, 0.3) is 43.1 Å². The Morgan fingerprint density at radius 3 is 1.22 bits per heavy atom. The average molecular weight is 579 g/mol. The summed E-state index contributed by atoms with van der Waals surface area (Å²) in [6.07, 6.45) is 0. The van der Waals surface area contributed by atoms with Gasteiger partial charge in [-0.3, -0.25) is 0 Å². The lowest BCUT2D eigenvalue weighted by Gasteiger charge is -2.41. The number of benzene rings is 8. The molecule has 1 heterocycles. The molecule has 0 saturated carbocycles. The zero-order valence-electron chi connectivity index (χ0n) is 25.2. The van der Waals surface area contributed by atoms with Crippen molar-refractivity contribution in [3.05, 3.63) is 151 Å². The van der Waals surface area contributed by atoms with Gasteiger partial charge in [0.2, 0.25) is 0 Å². The summed E-state index contributed by atoms with van der Waals surface area (Å²) in [5.74, 6) is 0.864. The maximum Gasteiger partial charge on any atom is 0.119 e. The van der Waals surface area contributed by atoms with E-state index in [1.165, 1.54) is 43.3 Å². The highest BCUT2D eigenvalue weighted by molar-refractivity contribution is 6.10. The second-order valence-corrected chi connectivity index (χ2v) is 12.0. The largest absolute Gasteiger partial charge is 0.497 e. The molecule has 8 aromatic rings. The van der Waals surface area contributed by atoms with Crippen molar-refractivity contribution >= 4 is 77.2 Å². The highest BCUT2D eigenvalue weighted by Crippen LogP contribution is 2.56. The molecule has 1 aliphatic rings. The van der Waals surface area contributed by atoms with Gasteiger partial charge >= 0.3 is 0 Å².